The van der Waals surface area contributed by atoms with Gasteiger partial charge in [0.25, 0.3) is 0 Å². The first-order valence-electron chi connectivity index (χ1n) is 11.1. The van der Waals surface area contributed by atoms with Crippen LogP contribution in [0.1, 0.15) is 51.2 Å². The second kappa shape index (κ2) is 11.1. The molecule has 5 heteroatoms. The van der Waals surface area contributed by atoms with Crippen molar-refractivity contribution in [2.75, 3.05) is 29.6 Å². The Bertz CT molecular complexity index is 852. The Morgan fingerprint density at radius 2 is 2.07 bits per heavy atom. The van der Waals surface area contributed by atoms with E-state index in [4.69, 9.17) is 12.2 Å². The molecule has 0 bridgehead atoms. The molecule has 0 spiro atoms. The lowest BCUT2D eigenvalue weighted by Gasteiger charge is -2.33. The van der Waals surface area contributed by atoms with E-state index in [1.165, 1.54) is 47.5 Å². The van der Waals surface area contributed by atoms with Crippen molar-refractivity contribution >= 4 is 40.5 Å². The maximum atomic E-state index is 5.85. The van der Waals surface area contributed by atoms with E-state index >= 15 is 0 Å². The van der Waals surface area contributed by atoms with E-state index in [0.717, 1.165) is 30.3 Å². The van der Waals surface area contributed by atoms with Gasteiger partial charge in [-0.25, -0.2) is 0 Å². The number of thioether (sulfide) groups is 1. The van der Waals surface area contributed by atoms with E-state index in [1.807, 2.05) is 0 Å². The zero-order valence-electron chi connectivity index (χ0n) is 18.8. The fraction of sp³-hybridized carbons (Fsp3) is 0.480. The van der Waals surface area contributed by atoms with Gasteiger partial charge in [-0.2, -0.15) is 0 Å². The predicted octanol–water partition coefficient (Wildman–Crippen LogP) is 6.57. The number of benzene rings is 2. The van der Waals surface area contributed by atoms with Gasteiger partial charge in [0.15, 0.2) is 5.11 Å². The van der Waals surface area contributed by atoms with Crippen molar-refractivity contribution in [3.63, 3.8) is 0 Å². The van der Waals surface area contributed by atoms with E-state index in [9.17, 15) is 0 Å². The fourth-order valence-electron chi connectivity index (χ4n) is 4.07. The normalized spacial score (nSPS) is 14.2. The van der Waals surface area contributed by atoms with Gasteiger partial charge in [0, 0.05) is 41.9 Å². The van der Waals surface area contributed by atoms with Gasteiger partial charge in [0.05, 0.1) is 0 Å². The minimum absolute atomic E-state index is 0.376. The number of nitrogens with zero attached hydrogens (tertiary/aromatic N) is 2. The van der Waals surface area contributed by atoms with Crippen LogP contribution in [0.2, 0.25) is 0 Å². The lowest BCUT2D eigenvalue weighted by Crippen LogP contribution is -2.40. The Hall–Kier alpha value is -1.72. The molecule has 1 aliphatic heterocycles. The molecule has 30 heavy (non-hydrogen) atoms. The number of aryl methyl sites for hydroxylation is 1. The van der Waals surface area contributed by atoms with Crippen LogP contribution in [-0.2, 0) is 13.0 Å². The van der Waals surface area contributed by atoms with Gasteiger partial charge in [-0.15, -0.1) is 11.8 Å². The van der Waals surface area contributed by atoms with Crippen LogP contribution in [0.3, 0.4) is 0 Å². The first-order chi connectivity index (χ1) is 14.5. The van der Waals surface area contributed by atoms with Crippen molar-refractivity contribution in [2.45, 2.75) is 63.9 Å². The van der Waals surface area contributed by atoms with E-state index in [0.29, 0.717) is 6.04 Å². The first-order valence-corrected chi connectivity index (χ1v) is 12.8. The molecule has 0 radical (unpaired) electrons. The number of thiocarbonyl (C=S) groups is 1. The summed E-state index contributed by atoms with van der Waals surface area (Å²) in [6.07, 6.45) is 6.78. The molecule has 3 nitrogen and oxygen atoms in total. The minimum Gasteiger partial charge on any atom is -0.371 e. The van der Waals surface area contributed by atoms with Crippen LogP contribution < -0.4 is 10.2 Å². The van der Waals surface area contributed by atoms with Crippen LogP contribution in [0.4, 0.5) is 11.4 Å². The molecule has 0 fully saturated rings. The molecule has 3 rings (SSSR count). The third-order valence-electron chi connectivity index (χ3n) is 5.91. The molecule has 2 aromatic rings. The molecule has 1 aliphatic rings. The smallest absolute Gasteiger partial charge is 0.173 e. The number of rotatable bonds is 8. The summed E-state index contributed by atoms with van der Waals surface area (Å²) in [5, 5.41) is 4.27. The van der Waals surface area contributed by atoms with Gasteiger partial charge in [0.1, 0.15) is 0 Å². The van der Waals surface area contributed by atoms with E-state index in [1.54, 1.807) is 11.8 Å². The number of hydrogen-bond acceptors (Lipinski definition) is 3. The molecule has 0 saturated heterocycles. The number of fused-ring (bicyclic) bond motifs is 1. The van der Waals surface area contributed by atoms with Crippen LogP contribution in [0.5, 0.6) is 0 Å². The molecule has 162 valence electrons. The van der Waals surface area contributed by atoms with Crippen molar-refractivity contribution < 1.29 is 0 Å². The van der Waals surface area contributed by atoms with Crippen LogP contribution in [0.25, 0.3) is 0 Å². The van der Waals surface area contributed by atoms with E-state index < -0.39 is 0 Å². The summed E-state index contributed by atoms with van der Waals surface area (Å²) in [7, 11) is 0. The number of anilines is 2. The van der Waals surface area contributed by atoms with E-state index in [-0.39, 0.29) is 0 Å². The first kappa shape index (κ1) is 23.0. The maximum Gasteiger partial charge on any atom is 0.173 e. The lowest BCUT2D eigenvalue weighted by atomic mass is 9.98. The van der Waals surface area contributed by atoms with Gasteiger partial charge in [-0.05, 0) is 86.5 Å². The standard InChI is InChI=1S/C25H35N3S2/c1-5-14-27-15-8-9-21-16-20(12-13-24(21)27)18-28(19(3)6-2)25(29)26-22-10-7-11-23(17-22)30-4/h7,10-13,16-17,19H,5-6,8-9,14-15,18H2,1-4H3,(H,26,29). The largest absolute Gasteiger partial charge is 0.371 e. The fourth-order valence-corrected chi connectivity index (χ4v) is 4.89. The van der Waals surface area contributed by atoms with Crippen molar-refractivity contribution in [2.24, 2.45) is 0 Å². The Labute approximate surface area is 192 Å². The van der Waals surface area contributed by atoms with Gasteiger partial charge < -0.3 is 15.1 Å². The Kier molecular flexibility index (Phi) is 8.46. The van der Waals surface area contributed by atoms with Crippen LogP contribution in [0.15, 0.2) is 47.4 Å². The van der Waals surface area contributed by atoms with Crippen molar-refractivity contribution in [1.29, 1.82) is 0 Å². The molecule has 1 unspecified atom stereocenters. The third-order valence-corrected chi connectivity index (χ3v) is 6.97. The Morgan fingerprint density at radius 3 is 2.80 bits per heavy atom. The monoisotopic (exact) mass is 441 g/mol. The third kappa shape index (κ3) is 5.70. The van der Waals surface area contributed by atoms with Crippen LogP contribution in [0, 0.1) is 0 Å². The second-order valence-corrected chi connectivity index (χ2v) is 9.37. The zero-order valence-corrected chi connectivity index (χ0v) is 20.4. The quantitative estimate of drug-likeness (QED) is 0.368. The molecule has 0 aliphatic carbocycles. The number of nitrogens with one attached hydrogen (secondary N) is 1. The molecule has 0 amide bonds. The summed E-state index contributed by atoms with van der Waals surface area (Å²) in [4.78, 5) is 6.11. The average molecular weight is 442 g/mol. The molecular formula is C25H35N3S2. The van der Waals surface area contributed by atoms with Crippen LogP contribution in [-0.4, -0.2) is 35.4 Å². The SMILES string of the molecule is CCCN1CCCc2cc(CN(C(=S)Nc3cccc(SC)c3)C(C)CC)ccc21. The van der Waals surface area contributed by atoms with E-state index in [2.05, 4.69) is 84.6 Å². The summed E-state index contributed by atoms with van der Waals surface area (Å²) < 4.78 is 0. The summed E-state index contributed by atoms with van der Waals surface area (Å²) in [6, 6.07) is 15.8. The highest BCUT2D eigenvalue weighted by molar-refractivity contribution is 7.98. The molecule has 1 atom stereocenters. The molecule has 0 aromatic heterocycles. The predicted molar refractivity (Wildman–Crippen MR) is 137 cm³/mol. The highest BCUT2D eigenvalue weighted by atomic mass is 32.2. The minimum atomic E-state index is 0.376. The average Bonchev–Trinajstić information content (AvgIpc) is 2.77. The molecule has 0 saturated carbocycles. The van der Waals surface area contributed by atoms with Crippen LogP contribution >= 0.6 is 24.0 Å². The van der Waals surface area contributed by atoms with Gasteiger partial charge in [-0.3, -0.25) is 0 Å². The van der Waals surface area contributed by atoms with Gasteiger partial charge in [-0.1, -0.05) is 32.0 Å². The summed E-state index contributed by atoms with van der Waals surface area (Å²) in [6.45, 7) is 9.91. The van der Waals surface area contributed by atoms with Gasteiger partial charge >= 0.3 is 0 Å². The van der Waals surface area contributed by atoms with Crippen molar-refractivity contribution in [3.8, 4) is 0 Å². The molecule has 1 N–H and O–H groups in total. The number of hydrogen-bond donors (Lipinski definition) is 1. The zero-order chi connectivity index (χ0) is 21.5. The van der Waals surface area contributed by atoms with Crippen molar-refractivity contribution in [3.05, 3.63) is 53.6 Å². The Morgan fingerprint density at radius 1 is 1.23 bits per heavy atom. The topological polar surface area (TPSA) is 18.5 Å². The molecular weight excluding hydrogens is 406 g/mol. The van der Waals surface area contributed by atoms with Gasteiger partial charge in [0.2, 0.25) is 0 Å². The highest BCUT2D eigenvalue weighted by Gasteiger charge is 2.20. The molecule has 1 heterocycles. The summed E-state index contributed by atoms with van der Waals surface area (Å²) in [5.74, 6) is 0. The molecule has 2 aromatic carbocycles. The summed E-state index contributed by atoms with van der Waals surface area (Å²) >= 11 is 7.60. The maximum absolute atomic E-state index is 5.85. The summed E-state index contributed by atoms with van der Waals surface area (Å²) in [5.41, 5.74) is 5.31. The Balaban J connectivity index is 1.77. The second-order valence-electron chi connectivity index (χ2n) is 8.10. The lowest BCUT2D eigenvalue weighted by molar-refractivity contribution is 0.319. The highest BCUT2D eigenvalue weighted by Crippen LogP contribution is 2.29. The van der Waals surface area contributed by atoms with Crippen molar-refractivity contribution in [1.82, 2.24) is 4.90 Å².